The normalized spacial score (nSPS) is 21.3. The summed E-state index contributed by atoms with van der Waals surface area (Å²) in [5.74, 6) is -0.929. The molecule has 0 aromatic heterocycles. The average Bonchev–Trinajstić information content (AvgIpc) is 2.59. The summed E-state index contributed by atoms with van der Waals surface area (Å²) in [6.07, 6.45) is 14.6. The van der Waals surface area contributed by atoms with Crippen molar-refractivity contribution in [3.8, 4) is 0 Å². The second-order valence-electron chi connectivity index (χ2n) is 7.65. The number of carbonyl (C=O) groups is 2. The Labute approximate surface area is 145 Å². The summed E-state index contributed by atoms with van der Waals surface area (Å²) >= 11 is 0. The summed E-state index contributed by atoms with van der Waals surface area (Å²) < 4.78 is 0. The highest BCUT2D eigenvalue weighted by molar-refractivity contribution is 5.98. The van der Waals surface area contributed by atoms with Crippen molar-refractivity contribution in [2.24, 2.45) is 11.8 Å². The van der Waals surface area contributed by atoms with Crippen molar-refractivity contribution in [1.29, 1.82) is 0 Å². The SMILES string of the molecule is O=C(O)/C(CCC1CCCCC1)=C(/CCC1CCCCC1)C(=O)O. The van der Waals surface area contributed by atoms with Crippen LogP contribution in [0.5, 0.6) is 0 Å². The number of hydrogen-bond acceptors (Lipinski definition) is 2. The lowest BCUT2D eigenvalue weighted by atomic mass is 9.83. The van der Waals surface area contributed by atoms with E-state index in [2.05, 4.69) is 0 Å². The third-order valence-corrected chi connectivity index (χ3v) is 5.94. The Morgan fingerprint density at radius 3 is 1.25 bits per heavy atom. The van der Waals surface area contributed by atoms with E-state index < -0.39 is 11.9 Å². The van der Waals surface area contributed by atoms with Crippen molar-refractivity contribution >= 4 is 11.9 Å². The van der Waals surface area contributed by atoms with Crippen molar-refractivity contribution in [3.05, 3.63) is 11.1 Å². The maximum atomic E-state index is 11.6. The first kappa shape index (κ1) is 19.0. The second kappa shape index (κ2) is 9.85. The quantitative estimate of drug-likeness (QED) is 0.599. The molecule has 4 nitrogen and oxygen atoms in total. The van der Waals surface area contributed by atoms with E-state index in [-0.39, 0.29) is 11.1 Å². The first-order valence-corrected chi connectivity index (χ1v) is 9.76. The maximum absolute atomic E-state index is 11.6. The van der Waals surface area contributed by atoms with E-state index in [1.54, 1.807) is 0 Å². The van der Waals surface area contributed by atoms with Crippen LogP contribution < -0.4 is 0 Å². The molecule has 2 saturated carbocycles. The topological polar surface area (TPSA) is 74.6 Å². The van der Waals surface area contributed by atoms with E-state index in [1.165, 1.54) is 38.5 Å². The molecule has 0 saturated heterocycles. The van der Waals surface area contributed by atoms with Crippen molar-refractivity contribution in [2.75, 3.05) is 0 Å². The predicted octanol–water partition coefficient (Wildman–Crippen LogP) is 5.17. The maximum Gasteiger partial charge on any atom is 0.332 e. The van der Waals surface area contributed by atoms with E-state index in [9.17, 15) is 19.8 Å². The molecule has 2 N–H and O–H groups in total. The van der Waals surface area contributed by atoms with Gasteiger partial charge in [-0.3, -0.25) is 0 Å². The highest BCUT2D eigenvalue weighted by Gasteiger charge is 2.23. The van der Waals surface area contributed by atoms with Crippen molar-refractivity contribution < 1.29 is 19.8 Å². The van der Waals surface area contributed by atoms with Gasteiger partial charge in [-0.25, -0.2) is 9.59 Å². The summed E-state index contributed by atoms with van der Waals surface area (Å²) in [4.78, 5) is 23.3. The monoisotopic (exact) mass is 336 g/mol. The van der Waals surface area contributed by atoms with Gasteiger partial charge in [-0.15, -0.1) is 0 Å². The number of carboxylic acids is 2. The molecular formula is C20H32O4. The van der Waals surface area contributed by atoms with Crippen LogP contribution >= 0.6 is 0 Å². The standard InChI is InChI=1S/C20H32O4/c21-19(22)17(13-11-15-7-3-1-4-8-15)18(20(23)24)14-12-16-9-5-2-6-10-16/h15-16H,1-14H2,(H,21,22)(H,23,24)/b18-17-. The first-order chi connectivity index (χ1) is 11.6. The summed E-state index contributed by atoms with van der Waals surface area (Å²) in [6, 6.07) is 0. The van der Waals surface area contributed by atoms with Gasteiger partial charge in [-0.05, 0) is 37.5 Å². The molecule has 0 heterocycles. The van der Waals surface area contributed by atoms with Gasteiger partial charge in [0, 0.05) is 11.1 Å². The number of hydrogen-bond donors (Lipinski definition) is 2. The fourth-order valence-corrected chi connectivity index (χ4v) is 4.42. The lowest BCUT2D eigenvalue weighted by molar-refractivity contribution is -0.136. The van der Waals surface area contributed by atoms with Gasteiger partial charge in [0.25, 0.3) is 0 Å². The van der Waals surface area contributed by atoms with Gasteiger partial charge in [0.05, 0.1) is 0 Å². The van der Waals surface area contributed by atoms with Crippen LogP contribution in [0.15, 0.2) is 11.1 Å². The number of carboxylic acid groups (broad SMARTS) is 2. The zero-order valence-corrected chi connectivity index (χ0v) is 14.8. The van der Waals surface area contributed by atoms with E-state index >= 15 is 0 Å². The zero-order chi connectivity index (χ0) is 17.4. The van der Waals surface area contributed by atoms with Crippen molar-refractivity contribution in [1.82, 2.24) is 0 Å². The highest BCUT2D eigenvalue weighted by Crippen LogP contribution is 2.32. The molecule has 2 aliphatic rings. The third-order valence-electron chi connectivity index (χ3n) is 5.94. The average molecular weight is 336 g/mol. The van der Waals surface area contributed by atoms with Crippen LogP contribution in [0.2, 0.25) is 0 Å². The predicted molar refractivity (Wildman–Crippen MR) is 93.9 cm³/mol. The molecule has 0 aromatic rings. The molecule has 0 amide bonds. The summed E-state index contributed by atoms with van der Waals surface area (Å²) in [7, 11) is 0. The largest absolute Gasteiger partial charge is 0.478 e. The second-order valence-corrected chi connectivity index (χ2v) is 7.65. The van der Waals surface area contributed by atoms with Gasteiger partial charge in [0.1, 0.15) is 0 Å². The number of aliphatic carboxylic acids is 2. The molecular weight excluding hydrogens is 304 g/mol. The summed E-state index contributed by atoms with van der Waals surface area (Å²) in [5, 5.41) is 19.1. The minimum Gasteiger partial charge on any atom is -0.478 e. The smallest absolute Gasteiger partial charge is 0.332 e. The molecule has 136 valence electrons. The van der Waals surface area contributed by atoms with Crippen LogP contribution in [0, 0.1) is 11.8 Å². The molecule has 0 radical (unpaired) electrons. The third kappa shape index (κ3) is 5.95. The van der Waals surface area contributed by atoms with E-state index in [1.807, 2.05) is 0 Å². The number of rotatable bonds is 8. The molecule has 0 atom stereocenters. The van der Waals surface area contributed by atoms with Gasteiger partial charge in [-0.1, -0.05) is 64.2 Å². The van der Waals surface area contributed by atoms with Crippen molar-refractivity contribution in [3.63, 3.8) is 0 Å². The molecule has 2 fully saturated rings. The molecule has 4 heteroatoms. The van der Waals surface area contributed by atoms with Crippen LogP contribution in [0.1, 0.15) is 89.9 Å². The van der Waals surface area contributed by atoms with Crippen LogP contribution in [0.4, 0.5) is 0 Å². The van der Waals surface area contributed by atoms with Crippen molar-refractivity contribution in [2.45, 2.75) is 89.9 Å². The molecule has 2 rings (SSSR count). The highest BCUT2D eigenvalue weighted by atomic mass is 16.4. The van der Waals surface area contributed by atoms with Crippen LogP contribution in [0.25, 0.3) is 0 Å². The van der Waals surface area contributed by atoms with Crippen LogP contribution in [-0.4, -0.2) is 22.2 Å². The summed E-state index contributed by atoms with van der Waals surface area (Å²) in [5.41, 5.74) is 0.313. The Morgan fingerprint density at radius 2 is 0.958 bits per heavy atom. The molecule has 24 heavy (non-hydrogen) atoms. The van der Waals surface area contributed by atoms with E-state index in [4.69, 9.17) is 0 Å². The van der Waals surface area contributed by atoms with Crippen LogP contribution in [-0.2, 0) is 9.59 Å². The zero-order valence-electron chi connectivity index (χ0n) is 14.8. The minimum atomic E-state index is -1.04. The minimum absolute atomic E-state index is 0.156. The first-order valence-electron chi connectivity index (χ1n) is 9.76. The van der Waals surface area contributed by atoms with E-state index in [0.717, 1.165) is 38.5 Å². The summed E-state index contributed by atoms with van der Waals surface area (Å²) in [6.45, 7) is 0. The van der Waals surface area contributed by atoms with Gasteiger partial charge in [0.2, 0.25) is 0 Å². The Morgan fingerprint density at radius 1 is 0.625 bits per heavy atom. The van der Waals surface area contributed by atoms with Gasteiger partial charge < -0.3 is 10.2 Å². The molecule has 0 unspecified atom stereocenters. The Bertz CT molecular complexity index is 412. The molecule has 0 aliphatic heterocycles. The van der Waals surface area contributed by atoms with E-state index in [0.29, 0.717) is 24.7 Å². The molecule has 0 spiro atoms. The fraction of sp³-hybridized carbons (Fsp3) is 0.800. The lowest BCUT2D eigenvalue weighted by Gasteiger charge is -2.23. The van der Waals surface area contributed by atoms with Gasteiger partial charge >= 0.3 is 11.9 Å². The molecule has 0 aromatic carbocycles. The molecule has 0 bridgehead atoms. The Balaban J connectivity index is 1.98. The Kier molecular flexibility index (Phi) is 7.80. The fourth-order valence-electron chi connectivity index (χ4n) is 4.42. The van der Waals surface area contributed by atoms with Gasteiger partial charge in [-0.2, -0.15) is 0 Å². The van der Waals surface area contributed by atoms with Gasteiger partial charge in [0.15, 0.2) is 0 Å². The lowest BCUT2D eigenvalue weighted by Crippen LogP contribution is -2.15. The van der Waals surface area contributed by atoms with Crippen LogP contribution in [0.3, 0.4) is 0 Å². The molecule has 2 aliphatic carbocycles. The Hall–Kier alpha value is -1.32.